The maximum Gasteiger partial charge on any atom is 0.322 e. The van der Waals surface area contributed by atoms with Crippen molar-refractivity contribution in [3.63, 3.8) is 0 Å². The highest BCUT2D eigenvalue weighted by Gasteiger charge is 2.33. The van der Waals surface area contributed by atoms with Crippen LogP contribution in [0.25, 0.3) is 0 Å². The molecule has 0 saturated carbocycles. The van der Waals surface area contributed by atoms with Crippen molar-refractivity contribution >= 4 is 39.2 Å². The van der Waals surface area contributed by atoms with Crippen LogP contribution >= 0.6 is 0 Å². The normalized spacial score (nSPS) is 19.9. The molecule has 0 spiro atoms. The van der Waals surface area contributed by atoms with Gasteiger partial charge in [-0.15, -0.1) is 0 Å². The summed E-state index contributed by atoms with van der Waals surface area (Å²) >= 11 is 0. The second-order valence-electron chi connectivity index (χ2n) is 9.26. The highest BCUT2D eigenvalue weighted by Crippen LogP contribution is 2.33. The van der Waals surface area contributed by atoms with Gasteiger partial charge < -0.3 is 15.1 Å². The monoisotopic (exact) mass is 498 g/mol. The van der Waals surface area contributed by atoms with Gasteiger partial charge in [-0.05, 0) is 49.6 Å². The lowest BCUT2D eigenvalue weighted by atomic mass is 10.1. The minimum absolute atomic E-state index is 0.104. The molecule has 3 aliphatic heterocycles. The van der Waals surface area contributed by atoms with E-state index in [2.05, 4.69) is 21.3 Å². The molecular weight excluding hydrogens is 468 g/mol. The molecule has 4 heterocycles. The summed E-state index contributed by atoms with van der Waals surface area (Å²) in [5, 5.41) is 2.77. The zero-order chi connectivity index (χ0) is 24.7. The van der Waals surface area contributed by atoms with Crippen LogP contribution in [-0.2, 0) is 10.0 Å². The predicted molar refractivity (Wildman–Crippen MR) is 135 cm³/mol. The van der Waals surface area contributed by atoms with Gasteiger partial charge >= 0.3 is 6.03 Å². The fourth-order valence-corrected chi connectivity index (χ4v) is 6.60. The number of carbonyl (C=O) groups is 2. The predicted octanol–water partition coefficient (Wildman–Crippen LogP) is 1.73. The highest BCUT2D eigenvalue weighted by molar-refractivity contribution is 7.93. The molecular formula is C24H30N6O4S. The van der Waals surface area contributed by atoms with Crippen LogP contribution in [0, 0.1) is 13.8 Å². The molecule has 0 unspecified atom stereocenters. The lowest BCUT2D eigenvalue weighted by molar-refractivity contribution is 0.0747. The quantitative estimate of drug-likeness (QED) is 0.688. The first-order valence-electron chi connectivity index (χ1n) is 11.9. The third-order valence-corrected chi connectivity index (χ3v) is 8.67. The van der Waals surface area contributed by atoms with Crippen LogP contribution in [0.5, 0.6) is 0 Å². The molecule has 0 radical (unpaired) electrons. The molecule has 11 heteroatoms. The van der Waals surface area contributed by atoms with E-state index < -0.39 is 10.0 Å². The van der Waals surface area contributed by atoms with Crippen LogP contribution in [0.3, 0.4) is 0 Å². The Kier molecular flexibility index (Phi) is 6.04. The van der Waals surface area contributed by atoms with E-state index in [4.69, 9.17) is 0 Å². The number of hydrogen-bond acceptors (Lipinski definition) is 6. The third kappa shape index (κ3) is 4.40. The number of urea groups is 1. The van der Waals surface area contributed by atoms with Crippen molar-refractivity contribution in [3.05, 3.63) is 47.2 Å². The summed E-state index contributed by atoms with van der Waals surface area (Å²) in [6.45, 7) is 7.73. The topological polar surface area (TPSA) is 106 Å². The van der Waals surface area contributed by atoms with Gasteiger partial charge in [-0.3, -0.25) is 14.0 Å². The number of pyridine rings is 1. The second-order valence-corrected chi connectivity index (χ2v) is 11.3. The summed E-state index contributed by atoms with van der Waals surface area (Å²) in [5.74, 6) is 0.879. The summed E-state index contributed by atoms with van der Waals surface area (Å²) in [6.07, 6.45) is 2.41. The van der Waals surface area contributed by atoms with Gasteiger partial charge in [0.2, 0.25) is 10.0 Å². The SMILES string of the molecule is Cc1cnc(N2CCN(C(=O)c3ccc(N4CCCS4(=O)=O)cc3N3CCNC3=O)CC2)c(C)c1. The Morgan fingerprint density at radius 2 is 1.80 bits per heavy atom. The average molecular weight is 499 g/mol. The second kappa shape index (κ2) is 9.03. The number of carbonyl (C=O) groups excluding carboxylic acids is 2. The first kappa shape index (κ1) is 23.4. The maximum absolute atomic E-state index is 13.6. The van der Waals surface area contributed by atoms with Crippen LogP contribution in [0.4, 0.5) is 22.0 Å². The number of amides is 3. The number of nitrogens with one attached hydrogen (secondary N) is 1. The zero-order valence-electron chi connectivity index (χ0n) is 20.0. The summed E-state index contributed by atoms with van der Waals surface area (Å²) in [5.41, 5.74) is 3.56. The molecule has 3 amide bonds. The molecule has 0 bridgehead atoms. The molecule has 2 aromatic rings. The Hall–Kier alpha value is -3.34. The van der Waals surface area contributed by atoms with Crippen molar-refractivity contribution < 1.29 is 18.0 Å². The maximum atomic E-state index is 13.6. The Morgan fingerprint density at radius 1 is 1.03 bits per heavy atom. The molecule has 3 fully saturated rings. The number of aryl methyl sites for hydroxylation is 2. The van der Waals surface area contributed by atoms with Crippen LogP contribution in [0.1, 0.15) is 27.9 Å². The van der Waals surface area contributed by atoms with Gasteiger partial charge in [0.1, 0.15) is 5.82 Å². The fourth-order valence-electron chi connectivity index (χ4n) is 5.04. The Balaban J connectivity index is 1.40. The number of sulfonamides is 1. The van der Waals surface area contributed by atoms with Gasteiger partial charge in [-0.25, -0.2) is 18.2 Å². The van der Waals surface area contributed by atoms with Crippen molar-refractivity contribution in [2.75, 3.05) is 65.7 Å². The average Bonchev–Trinajstić information content (AvgIpc) is 3.42. The summed E-state index contributed by atoms with van der Waals surface area (Å²) in [7, 11) is -3.38. The van der Waals surface area contributed by atoms with Gasteiger partial charge in [0.05, 0.1) is 22.7 Å². The van der Waals surface area contributed by atoms with Crippen molar-refractivity contribution in [1.29, 1.82) is 0 Å². The molecule has 1 N–H and O–H groups in total. The van der Waals surface area contributed by atoms with Crippen LogP contribution in [0.15, 0.2) is 30.5 Å². The van der Waals surface area contributed by atoms with Crippen LogP contribution in [0.2, 0.25) is 0 Å². The van der Waals surface area contributed by atoms with E-state index in [0.717, 1.165) is 16.9 Å². The summed E-state index contributed by atoms with van der Waals surface area (Å²) in [6, 6.07) is 6.81. The number of benzene rings is 1. The van der Waals surface area contributed by atoms with Gasteiger partial charge in [0.15, 0.2) is 0 Å². The molecule has 0 atom stereocenters. The minimum Gasteiger partial charge on any atom is -0.353 e. The van der Waals surface area contributed by atoms with E-state index in [1.807, 2.05) is 20.0 Å². The number of aromatic nitrogens is 1. The number of piperazine rings is 1. The smallest absolute Gasteiger partial charge is 0.322 e. The molecule has 1 aromatic heterocycles. The summed E-state index contributed by atoms with van der Waals surface area (Å²) in [4.78, 5) is 36.2. The number of hydrogen-bond donors (Lipinski definition) is 1. The third-order valence-electron chi connectivity index (χ3n) is 6.80. The van der Waals surface area contributed by atoms with Crippen LogP contribution < -0.4 is 19.4 Å². The number of rotatable bonds is 4. The molecule has 1 aromatic carbocycles. The van der Waals surface area contributed by atoms with Crippen LogP contribution in [-0.4, -0.2) is 81.8 Å². The van der Waals surface area contributed by atoms with E-state index >= 15 is 0 Å². The molecule has 186 valence electrons. The van der Waals surface area contributed by atoms with E-state index in [-0.39, 0.29) is 17.7 Å². The lowest BCUT2D eigenvalue weighted by Crippen LogP contribution is -2.49. The van der Waals surface area contributed by atoms with Crippen molar-refractivity contribution in [1.82, 2.24) is 15.2 Å². The van der Waals surface area contributed by atoms with Gasteiger partial charge in [0, 0.05) is 52.0 Å². The molecule has 0 aliphatic carbocycles. The minimum atomic E-state index is -3.38. The highest BCUT2D eigenvalue weighted by atomic mass is 32.2. The standard InChI is InChI=1S/C24H30N6O4S/c1-17-14-18(2)22(26-16-17)27-9-11-28(12-10-27)23(31)20-5-4-19(30-7-3-13-35(30,33)34)15-21(20)29-8-6-25-24(29)32/h4-5,14-16H,3,6-13H2,1-2H3,(H,25,32). The molecule has 3 aliphatic rings. The molecule has 35 heavy (non-hydrogen) atoms. The Bertz CT molecular complexity index is 1270. The summed E-state index contributed by atoms with van der Waals surface area (Å²) < 4.78 is 26.3. The van der Waals surface area contributed by atoms with E-state index in [9.17, 15) is 18.0 Å². The lowest BCUT2D eigenvalue weighted by Gasteiger charge is -2.36. The van der Waals surface area contributed by atoms with Crippen molar-refractivity contribution in [3.8, 4) is 0 Å². The van der Waals surface area contributed by atoms with E-state index in [0.29, 0.717) is 69.2 Å². The Labute approximate surface area is 205 Å². The van der Waals surface area contributed by atoms with Gasteiger partial charge in [-0.1, -0.05) is 6.07 Å². The largest absolute Gasteiger partial charge is 0.353 e. The van der Waals surface area contributed by atoms with E-state index in [1.165, 1.54) is 9.21 Å². The van der Waals surface area contributed by atoms with E-state index in [1.54, 1.807) is 23.1 Å². The van der Waals surface area contributed by atoms with Gasteiger partial charge in [0.25, 0.3) is 5.91 Å². The first-order valence-corrected chi connectivity index (χ1v) is 13.5. The molecule has 10 nitrogen and oxygen atoms in total. The molecule has 5 rings (SSSR count). The first-order chi connectivity index (χ1) is 16.7. The Morgan fingerprint density at radius 3 is 2.43 bits per heavy atom. The zero-order valence-corrected chi connectivity index (χ0v) is 20.8. The number of nitrogens with zero attached hydrogens (tertiary/aromatic N) is 5. The van der Waals surface area contributed by atoms with Crippen molar-refractivity contribution in [2.45, 2.75) is 20.3 Å². The fraction of sp³-hybridized carbons (Fsp3) is 0.458. The molecule has 3 saturated heterocycles. The van der Waals surface area contributed by atoms with Gasteiger partial charge in [-0.2, -0.15) is 0 Å². The van der Waals surface area contributed by atoms with Crippen molar-refractivity contribution in [2.24, 2.45) is 0 Å². The number of anilines is 3.